The summed E-state index contributed by atoms with van der Waals surface area (Å²) in [4.78, 5) is 9.90. The van der Waals surface area contributed by atoms with Crippen molar-refractivity contribution >= 4 is 16.3 Å². The largest absolute Gasteiger partial charge is 0.487 e. The molecule has 0 fully saturated rings. The molecule has 2 aromatic carbocycles. The summed E-state index contributed by atoms with van der Waals surface area (Å²) in [5.41, 5.74) is 7.38. The van der Waals surface area contributed by atoms with Crippen molar-refractivity contribution in [3.05, 3.63) is 101 Å². The number of hydrogen-bond donors (Lipinski definition) is 0. The summed E-state index contributed by atoms with van der Waals surface area (Å²) in [6.07, 6.45) is 3.76. The lowest BCUT2D eigenvalue weighted by Gasteiger charge is -2.32. The lowest BCUT2D eigenvalue weighted by Crippen LogP contribution is -2.19. The summed E-state index contributed by atoms with van der Waals surface area (Å²) in [5, 5.41) is 4.28. The highest BCUT2D eigenvalue weighted by Gasteiger charge is 2.28. The van der Waals surface area contributed by atoms with Crippen molar-refractivity contribution in [2.45, 2.75) is 33.3 Å². The smallest absolute Gasteiger partial charge is 0.212 e. The number of hydrogen-bond acceptors (Lipinski definition) is 5. The second-order valence-electron chi connectivity index (χ2n) is 9.19. The van der Waals surface area contributed by atoms with E-state index in [9.17, 15) is 0 Å². The van der Waals surface area contributed by atoms with Crippen LogP contribution >= 0.6 is 11.3 Å². The third-order valence-corrected chi connectivity index (χ3v) is 6.41. The molecule has 1 unspecified atom stereocenters. The van der Waals surface area contributed by atoms with E-state index in [1.165, 1.54) is 11.1 Å². The average Bonchev–Trinajstić information content (AvgIpc) is 3.42. The number of imidazole rings is 1. The molecule has 6 heteroatoms. The Bertz CT molecular complexity index is 1300. The van der Waals surface area contributed by atoms with Crippen LogP contribution in [0.15, 0.2) is 84.6 Å². The zero-order valence-corrected chi connectivity index (χ0v) is 19.8. The molecule has 0 amide bonds. The highest BCUT2D eigenvalue weighted by atomic mass is 32.1. The molecule has 0 spiro atoms. The molecule has 3 aromatic heterocycles. The van der Waals surface area contributed by atoms with Crippen molar-refractivity contribution in [1.82, 2.24) is 19.6 Å². The minimum absolute atomic E-state index is 0.0544. The summed E-state index contributed by atoms with van der Waals surface area (Å²) in [5.74, 6) is 1.10. The van der Waals surface area contributed by atoms with Crippen molar-refractivity contribution in [3.8, 4) is 17.0 Å². The van der Waals surface area contributed by atoms with E-state index in [-0.39, 0.29) is 11.3 Å². The van der Waals surface area contributed by atoms with Gasteiger partial charge in [-0.3, -0.25) is 4.98 Å². The summed E-state index contributed by atoms with van der Waals surface area (Å²) in [6, 6.07) is 23.1. The van der Waals surface area contributed by atoms with Gasteiger partial charge in [0, 0.05) is 17.7 Å². The predicted molar refractivity (Wildman–Crippen MR) is 133 cm³/mol. The molecule has 166 valence electrons. The Balaban J connectivity index is 1.36. The topological polar surface area (TPSA) is 52.3 Å². The molecular weight excluding hydrogens is 428 g/mol. The van der Waals surface area contributed by atoms with E-state index in [0.29, 0.717) is 6.61 Å². The normalized spacial score (nSPS) is 12.7. The van der Waals surface area contributed by atoms with E-state index >= 15 is 0 Å². The van der Waals surface area contributed by atoms with E-state index in [1.54, 1.807) is 23.0 Å². The van der Waals surface area contributed by atoms with Gasteiger partial charge >= 0.3 is 0 Å². The van der Waals surface area contributed by atoms with Crippen LogP contribution in [0.1, 0.15) is 43.5 Å². The first-order valence-corrected chi connectivity index (χ1v) is 11.9. The van der Waals surface area contributed by atoms with Gasteiger partial charge in [-0.2, -0.15) is 5.10 Å². The van der Waals surface area contributed by atoms with E-state index in [0.717, 1.165) is 27.7 Å². The Morgan fingerprint density at radius 1 is 0.939 bits per heavy atom. The van der Waals surface area contributed by atoms with Crippen LogP contribution in [-0.4, -0.2) is 19.6 Å². The lowest BCUT2D eigenvalue weighted by atomic mass is 9.72. The number of nitrogens with zero attached hydrogens (tertiary/aromatic N) is 4. The van der Waals surface area contributed by atoms with Gasteiger partial charge in [0.2, 0.25) is 4.96 Å². The van der Waals surface area contributed by atoms with Crippen LogP contribution in [0.2, 0.25) is 0 Å². The maximum absolute atomic E-state index is 5.93. The van der Waals surface area contributed by atoms with Crippen LogP contribution in [0.4, 0.5) is 0 Å². The van der Waals surface area contributed by atoms with Gasteiger partial charge in [-0.1, -0.05) is 74.6 Å². The molecule has 0 radical (unpaired) electrons. The maximum atomic E-state index is 5.93. The second-order valence-corrected chi connectivity index (χ2v) is 10.0. The van der Waals surface area contributed by atoms with Gasteiger partial charge in [0.1, 0.15) is 17.9 Å². The molecule has 0 saturated carbocycles. The molecule has 3 heterocycles. The van der Waals surface area contributed by atoms with Crippen LogP contribution in [-0.2, 0) is 6.61 Å². The summed E-state index contributed by atoms with van der Waals surface area (Å²) in [6.45, 7) is 7.32. The number of aromatic nitrogens is 4. The molecule has 0 N–H and O–H groups in total. The third-order valence-electron chi connectivity index (χ3n) is 5.72. The minimum atomic E-state index is 0.0544. The molecule has 0 aliphatic rings. The monoisotopic (exact) mass is 454 g/mol. The molecule has 0 aliphatic heterocycles. The van der Waals surface area contributed by atoms with E-state index in [2.05, 4.69) is 84.4 Å². The van der Waals surface area contributed by atoms with Gasteiger partial charge in [0.25, 0.3) is 0 Å². The first-order valence-electron chi connectivity index (χ1n) is 11.0. The maximum Gasteiger partial charge on any atom is 0.212 e. The van der Waals surface area contributed by atoms with Crippen molar-refractivity contribution in [2.24, 2.45) is 5.41 Å². The first kappa shape index (κ1) is 21.3. The Hall–Kier alpha value is -3.51. The summed E-state index contributed by atoms with van der Waals surface area (Å²) < 4.78 is 7.75. The fraction of sp³-hybridized carbons (Fsp3) is 0.222. The quantitative estimate of drug-likeness (QED) is 0.290. The fourth-order valence-electron chi connectivity index (χ4n) is 4.21. The lowest BCUT2D eigenvalue weighted by molar-refractivity contribution is 0.301. The average molecular weight is 455 g/mol. The first-order chi connectivity index (χ1) is 16.0. The summed E-state index contributed by atoms with van der Waals surface area (Å²) >= 11 is 1.54. The molecule has 0 saturated heterocycles. The standard InChI is InChI=1S/C27H26N4OS/c1-27(2,3)25(21-11-13-23(14-12-21)32-17-22-6-4-5-15-28-22)20-9-7-19(8-10-20)24-16-31-26(30-24)33-18-29-31/h4-16,18,25H,17H2,1-3H3. The van der Waals surface area contributed by atoms with Crippen LogP contribution in [0.25, 0.3) is 16.2 Å². The molecular formula is C27H26N4OS. The van der Waals surface area contributed by atoms with Crippen molar-refractivity contribution in [3.63, 3.8) is 0 Å². The third kappa shape index (κ3) is 4.66. The van der Waals surface area contributed by atoms with Crippen molar-refractivity contribution in [1.29, 1.82) is 0 Å². The second kappa shape index (κ2) is 8.79. The molecule has 5 aromatic rings. The Morgan fingerprint density at radius 3 is 2.30 bits per heavy atom. The van der Waals surface area contributed by atoms with E-state index in [4.69, 9.17) is 4.74 Å². The Morgan fingerprint density at radius 2 is 1.67 bits per heavy atom. The van der Waals surface area contributed by atoms with Gasteiger partial charge in [-0.05, 0) is 40.8 Å². The zero-order chi connectivity index (χ0) is 22.8. The van der Waals surface area contributed by atoms with Crippen LogP contribution in [0.5, 0.6) is 5.75 Å². The number of pyridine rings is 1. The van der Waals surface area contributed by atoms with Crippen LogP contribution in [0.3, 0.4) is 0 Å². The molecule has 33 heavy (non-hydrogen) atoms. The Kier molecular flexibility index (Phi) is 5.68. The van der Waals surface area contributed by atoms with Gasteiger partial charge in [0.05, 0.1) is 17.6 Å². The molecule has 5 rings (SSSR count). The predicted octanol–water partition coefficient (Wildman–Crippen LogP) is 6.61. The van der Waals surface area contributed by atoms with E-state index < -0.39 is 0 Å². The van der Waals surface area contributed by atoms with Gasteiger partial charge < -0.3 is 4.74 Å². The molecule has 0 bridgehead atoms. The number of ether oxygens (including phenoxy) is 1. The van der Waals surface area contributed by atoms with Gasteiger partial charge in [-0.25, -0.2) is 9.50 Å². The Labute approximate surface area is 197 Å². The zero-order valence-electron chi connectivity index (χ0n) is 19.0. The molecule has 1 atom stereocenters. The molecule has 0 aliphatic carbocycles. The van der Waals surface area contributed by atoms with Crippen LogP contribution < -0.4 is 4.74 Å². The van der Waals surface area contributed by atoms with Crippen LogP contribution in [0, 0.1) is 5.41 Å². The number of fused-ring (bicyclic) bond motifs is 1. The van der Waals surface area contributed by atoms with Crippen molar-refractivity contribution in [2.75, 3.05) is 0 Å². The molecule has 5 nitrogen and oxygen atoms in total. The highest BCUT2D eigenvalue weighted by molar-refractivity contribution is 7.14. The summed E-state index contributed by atoms with van der Waals surface area (Å²) in [7, 11) is 0. The van der Waals surface area contributed by atoms with Gasteiger partial charge in [-0.15, -0.1) is 0 Å². The number of benzene rings is 2. The highest BCUT2D eigenvalue weighted by Crippen LogP contribution is 2.41. The fourth-order valence-corrected chi connectivity index (χ4v) is 4.82. The van der Waals surface area contributed by atoms with Crippen molar-refractivity contribution < 1.29 is 4.74 Å². The minimum Gasteiger partial charge on any atom is -0.487 e. The van der Waals surface area contributed by atoms with Gasteiger partial charge in [0.15, 0.2) is 0 Å². The SMILES string of the molecule is CC(C)(C)C(c1ccc(OCc2ccccn2)cc1)c1ccc(-c2cn3ncsc3n2)cc1. The van der Waals surface area contributed by atoms with E-state index in [1.807, 2.05) is 28.9 Å². The number of rotatable bonds is 6.